The molecule has 1 aliphatic rings. The van der Waals surface area contributed by atoms with Crippen molar-refractivity contribution in [3.63, 3.8) is 0 Å². The van der Waals surface area contributed by atoms with E-state index in [1.807, 2.05) is 0 Å². The highest BCUT2D eigenvalue weighted by Gasteiger charge is 2.33. The molecule has 0 aromatic rings. The highest BCUT2D eigenvalue weighted by molar-refractivity contribution is 5.98. The molecule has 7 heteroatoms. The van der Waals surface area contributed by atoms with Gasteiger partial charge in [-0.15, -0.1) is 0 Å². The summed E-state index contributed by atoms with van der Waals surface area (Å²) in [5.74, 6) is -2.49. The number of aliphatic carboxylic acids is 1. The van der Waals surface area contributed by atoms with Gasteiger partial charge >= 0.3 is 11.9 Å². The van der Waals surface area contributed by atoms with Gasteiger partial charge in [0.2, 0.25) is 6.04 Å². The zero-order valence-electron chi connectivity index (χ0n) is 6.58. The summed E-state index contributed by atoms with van der Waals surface area (Å²) in [4.78, 5) is 23.6. The number of carbonyl (C=O) groups excluding carboxylic acids is 1. The van der Waals surface area contributed by atoms with Gasteiger partial charge < -0.3 is 9.84 Å². The first kappa shape index (κ1) is 9.34. The Morgan fingerprint density at radius 1 is 1.62 bits per heavy atom. The molecule has 1 saturated carbocycles. The molecule has 1 atom stereocenters. The van der Waals surface area contributed by atoms with Gasteiger partial charge in [0.25, 0.3) is 0 Å². The van der Waals surface area contributed by atoms with Crippen LogP contribution in [0.1, 0.15) is 12.8 Å². The fourth-order valence-electron chi connectivity index (χ4n) is 0.664. The largest absolute Gasteiger partial charge is 0.481 e. The lowest BCUT2D eigenvalue weighted by Gasteiger charge is -2.04. The Labute approximate surface area is 72.9 Å². The van der Waals surface area contributed by atoms with Gasteiger partial charge in [0.15, 0.2) is 0 Å². The minimum Gasteiger partial charge on any atom is -0.481 e. The van der Waals surface area contributed by atoms with E-state index in [2.05, 4.69) is 14.8 Å². The number of hydrogen-bond acceptors (Lipinski definition) is 4. The normalized spacial score (nSPS) is 16.9. The van der Waals surface area contributed by atoms with Crippen LogP contribution in [0.4, 0.5) is 0 Å². The molecule has 0 saturated heterocycles. The van der Waals surface area contributed by atoms with Crippen LogP contribution < -0.4 is 0 Å². The molecule has 13 heavy (non-hydrogen) atoms. The first-order valence-corrected chi connectivity index (χ1v) is 3.62. The molecular weight excluding hydrogens is 178 g/mol. The Balaban J connectivity index is 2.56. The molecule has 1 fully saturated rings. The molecule has 1 unspecified atom stereocenters. The van der Waals surface area contributed by atoms with Gasteiger partial charge in [-0.25, -0.2) is 0 Å². The third kappa shape index (κ3) is 2.64. The summed E-state index contributed by atoms with van der Waals surface area (Å²) in [6, 6.07) is -1.76. The van der Waals surface area contributed by atoms with E-state index in [1.54, 1.807) is 0 Å². The molecule has 0 radical (unpaired) electrons. The highest BCUT2D eigenvalue weighted by atomic mass is 16.6. The third-order valence-electron chi connectivity index (χ3n) is 1.43. The maximum Gasteiger partial charge on any atom is 0.326 e. The van der Waals surface area contributed by atoms with Crippen molar-refractivity contribution >= 4 is 11.9 Å². The Kier molecular flexibility index (Phi) is 2.71. The molecule has 7 nitrogen and oxygen atoms in total. The summed E-state index contributed by atoms with van der Waals surface area (Å²) in [5, 5.41) is 11.3. The average Bonchev–Trinajstić information content (AvgIpc) is 2.83. The van der Waals surface area contributed by atoms with Crippen molar-refractivity contribution in [2.24, 2.45) is 5.11 Å². The number of rotatable bonds is 4. The maximum atomic E-state index is 11.0. The van der Waals surface area contributed by atoms with Crippen LogP contribution in [0.15, 0.2) is 5.11 Å². The summed E-state index contributed by atoms with van der Waals surface area (Å²) < 4.78 is 4.65. The SMILES string of the molecule is [N-]=[N+]=NC(C(=O)O)C(=O)OC1CC1. The van der Waals surface area contributed by atoms with Crippen molar-refractivity contribution in [2.45, 2.75) is 25.0 Å². The van der Waals surface area contributed by atoms with Crippen molar-refractivity contribution in [1.82, 2.24) is 0 Å². The van der Waals surface area contributed by atoms with Crippen LogP contribution in [-0.4, -0.2) is 29.2 Å². The zero-order chi connectivity index (χ0) is 9.84. The monoisotopic (exact) mass is 185 g/mol. The predicted molar refractivity (Wildman–Crippen MR) is 39.7 cm³/mol. The third-order valence-corrected chi connectivity index (χ3v) is 1.43. The van der Waals surface area contributed by atoms with Crippen molar-refractivity contribution in [1.29, 1.82) is 0 Å². The Bertz CT molecular complexity index is 278. The number of hydrogen-bond donors (Lipinski definition) is 1. The standard InChI is InChI=1S/C6H7N3O4/c7-9-8-4(5(10)11)6(12)13-3-1-2-3/h3-4H,1-2H2,(H,10,11). The smallest absolute Gasteiger partial charge is 0.326 e. The predicted octanol–water partition coefficient (Wildman–Crippen LogP) is 0.455. The van der Waals surface area contributed by atoms with E-state index in [9.17, 15) is 9.59 Å². The first-order chi connectivity index (χ1) is 6.15. The lowest BCUT2D eigenvalue weighted by molar-refractivity contribution is -0.154. The zero-order valence-corrected chi connectivity index (χ0v) is 6.58. The topological polar surface area (TPSA) is 112 Å². The van der Waals surface area contributed by atoms with Crippen LogP contribution in [0.3, 0.4) is 0 Å². The lowest BCUT2D eigenvalue weighted by atomic mass is 10.3. The van der Waals surface area contributed by atoms with Crippen molar-refractivity contribution in [3.05, 3.63) is 10.4 Å². The quantitative estimate of drug-likeness (QED) is 0.225. The van der Waals surface area contributed by atoms with Crippen LogP contribution in [0, 0.1) is 0 Å². The number of carboxylic acid groups (broad SMARTS) is 1. The number of azide groups is 1. The second-order valence-corrected chi connectivity index (χ2v) is 2.58. The van der Waals surface area contributed by atoms with Gasteiger partial charge in [0, 0.05) is 4.91 Å². The van der Waals surface area contributed by atoms with Crippen LogP contribution in [0.2, 0.25) is 0 Å². The Hall–Kier alpha value is -1.75. The van der Waals surface area contributed by atoms with Gasteiger partial charge in [-0.05, 0) is 18.4 Å². The molecule has 0 heterocycles. The second kappa shape index (κ2) is 3.77. The highest BCUT2D eigenvalue weighted by Crippen LogP contribution is 2.24. The summed E-state index contributed by atoms with van der Waals surface area (Å²) in [6.07, 6.45) is 1.30. The number of nitrogens with zero attached hydrogens (tertiary/aromatic N) is 3. The van der Waals surface area contributed by atoms with Crippen molar-refractivity contribution in [2.75, 3.05) is 0 Å². The number of carbonyl (C=O) groups is 2. The van der Waals surface area contributed by atoms with Crippen LogP contribution in [0.25, 0.3) is 10.4 Å². The number of ether oxygens (including phenoxy) is 1. The Morgan fingerprint density at radius 2 is 2.23 bits per heavy atom. The fourth-order valence-corrected chi connectivity index (χ4v) is 0.664. The number of esters is 1. The minimum absolute atomic E-state index is 0.191. The van der Waals surface area contributed by atoms with Crippen molar-refractivity contribution in [3.8, 4) is 0 Å². The van der Waals surface area contributed by atoms with Gasteiger partial charge in [0.05, 0.1) is 0 Å². The van der Waals surface area contributed by atoms with E-state index in [0.29, 0.717) is 0 Å². The minimum atomic E-state index is -1.76. The van der Waals surface area contributed by atoms with Gasteiger partial charge in [-0.2, -0.15) is 0 Å². The first-order valence-electron chi connectivity index (χ1n) is 3.62. The molecule has 1 aliphatic carbocycles. The molecule has 0 aromatic carbocycles. The maximum absolute atomic E-state index is 11.0. The summed E-state index contributed by atoms with van der Waals surface area (Å²) in [5.41, 5.74) is 7.97. The average molecular weight is 185 g/mol. The summed E-state index contributed by atoms with van der Waals surface area (Å²) in [6.45, 7) is 0. The van der Waals surface area contributed by atoms with Gasteiger partial charge in [0.1, 0.15) is 6.10 Å². The molecule has 0 aliphatic heterocycles. The van der Waals surface area contributed by atoms with Crippen LogP contribution in [-0.2, 0) is 14.3 Å². The van der Waals surface area contributed by atoms with E-state index in [4.69, 9.17) is 10.6 Å². The van der Waals surface area contributed by atoms with Crippen molar-refractivity contribution < 1.29 is 19.4 Å². The number of carboxylic acids is 1. The summed E-state index contributed by atoms with van der Waals surface area (Å²) in [7, 11) is 0. The van der Waals surface area contributed by atoms with E-state index in [-0.39, 0.29) is 6.10 Å². The molecular formula is C6H7N3O4. The molecule has 0 aromatic heterocycles. The molecule has 0 bridgehead atoms. The van der Waals surface area contributed by atoms with E-state index in [1.165, 1.54) is 0 Å². The molecule has 0 spiro atoms. The van der Waals surface area contributed by atoms with Crippen LogP contribution >= 0.6 is 0 Å². The summed E-state index contributed by atoms with van der Waals surface area (Å²) >= 11 is 0. The second-order valence-electron chi connectivity index (χ2n) is 2.58. The molecule has 70 valence electrons. The molecule has 0 amide bonds. The molecule has 1 rings (SSSR count). The van der Waals surface area contributed by atoms with Gasteiger partial charge in [-0.3, -0.25) is 9.59 Å². The fraction of sp³-hybridized carbons (Fsp3) is 0.667. The van der Waals surface area contributed by atoms with Crippen LogP contribution in [0.5, 0.6) is 0 Å². The van der Waals surface area contributed by atoms with E-state index >= 15 is 0 Å². The van der Waals surface area contributed by atoms with E-state index in [0.717, 1.165) is 12.8 Å². The van der Waals surface area contributed by atoms with Gasteiger partial charge in [-0.1, -0.05) is 5.11 Å². The lowest BCUT2D eigenvalue weighted by Crippen LogP contribution is -2.29. The Morgan fingerprint density at radius 3 is 2.62 bits per heavy atom. The molecule has 1 N–H and O–H groups in total. The van der Waals surface area contributed by atoms with E-state index < -0.39 is 18.0 Å².